The van der Waals surface area contributed by atoms with E-state index in [2.05, 4.69) is 32.9 Å². The van der Waals surface area contributed by atoms with Gasteiger partial charge in [0, 0.05) is 9.75 Å². The van der Waals surface area contributed by atoms with Crippen molar-refractivity contribution >= 4 is 17.4 Å². The van der Waals surface area contributed by atoms with E-state index in [0.717, 1.165) is 5.57 Å². The molecule has 0 atom stereocenters. The van der Waals surface area contributed by atoms with E-state index in [1.165, 1.54) is 9.75 Å². The molecule has 78 valence electrons. The van der Waals surface area contributed by atoms with Crippen molar-refractivity contribution in [2.75, 3.05) is 6.61 Å². The lowest BCUT2D eigenvalue weighted by molar-refractivity contribution is 0.332. The first-order valence-corrected chi connectivity index (χ1v) is 5.63. The van der Waals surface area contributed by atoms with E-state index in [-0.39, 0.29) is 12.0 Å². The largest absolute Gasteiger partial charge is 0.392 e. The van der Waals surface area contributed by atoms with Crippen molar-refractivity contribution in [3.63, 3.8) is 0 Å². The van der Waals surface area contributed by atoms with Gasteiger partial charge in [0.05, 0.1) is 6.61 Å². The zero-order valence-electron chi connectivity index (χ0n) is 9.29. The summed E-state index contributed by atoms with van der Waals surface area (Å²) in [6.45, 7) is 8.72. The standard InChI is InChI=1S/C12H18OS/c1-9(8-13)7-10-5-6-11(14-10)12(2,3)4/h5-7,13H,8H2,1-4H3/b9-7-. The molecule has 1 aromatic heterocycles. The molecule has 0 spiro atoms. The third-order valence-electron chi connectivity index (χ3n) is 2.00. The van der Waals surface area contributed by atoms with Crippen molar-refractivity contribution < 1.29 is 5.11 Å². The van der Waals surface area contributed by atoms with E-state index in [1.54, 1.807) is 11.3 Å². The van der Waals surface area contributed by atoms with Gasteiger partial charge in [-0.2, -0.15) is 0 Å². The van der Waals surface area contributed by atoms with Gasteiger partial charge in [-0.25, -0.2) is 0 Å². The Bertz CT molecular complexity index is 328. The highest BCUT2D eigenvalue weighted by Crippen LogP contribution is 2.30. The van der Waals surface area contributed by atoms with Crippen LogP contribution in [0.25, 0.3) is 6.08 Å². The van der Waals surface area contributed by atoms with Gasteiger partial charge in [-0.05, 0) is 36.1 Å². The molecule has 0 saturated heterocycles. The van der Waals surface area contributed by atoms with Crippen LogP contribution in [0, 0.1) is 0 Å². The molecule has 0 aromatic carbocycles. The second kappa shape index (κ2) is 4.28. The molecule has 0 unspecified atom stereocenters. The van der Waals surface area contributed by atoms with Gasteiger partial charge >= 0.3 is 0 Å². The fourth-order valence-electron chi connectivity index (χ4n) is 1.12. The molecule has 1 rings (SSSR count). The molecule has 0 aliphatic rings. The smallest absolute Gasteiger partial charge is 0.0642 e. The Morgan fingerprint density at radius 1 is 1.43 bits per heavy atom. The van der Waals surface area contributed by atoms with E-state index in [9.17, 15) is 0 Å². The molecule has 14 heavy (non-hydrogen) atoms. The number of aliphatic hydroxyl groups excluding tert-OH is 1. The topological polar surface area (TPSA) is 20.2 Å². The number of rotatable bonds is 2. The van der Waals surface area contributed by atoms with Gasteiger partial charge in [0.1, 0.15) is 0 Å². The van der Waals surface area contributed by atoms with Crippen LogP contribution in [-0.2, 0) is 5.41 Å². The van der Waals surface area contributed by atoms with E-state index < -0.39 is 0 Å². The lowest BCUT2D eigenvalue weighted by Gasteiger charge is -2.15. The minimum absolute atomic E-state index is 0.142. The maximum absolute atomic E-state index is 8.90. The summed E-state index contributed by atoms with van der Waals surface area (Å²) < 4.78 is 0. The van der Waals surface area contributed by atoms with Gasteiger partial charge in [0.25, 0.3) is 0 Å². The average molecular weight is 210 g/mol. The first-order chi connectivity index (χ1) is 6.43. The zero-order chi connectivity index (χ0) is 10.8. The van der Waals surface area contributed by atoms with Crippen molar-refractivity contribution in [1.82, 2.24) is 0 Å². The Labute approximate surface area is 90.1 Å². The summed E-state index contributed by atoms with van der Waals surface area (Å²) in [6, 6.07) is 4.28. The van der Waals surface area contributed by atoms with E-state index in [0.29, 0.717) is 0 Å². The second-order valence-corrected chi connectivity index (χ2v) is 5.72. The molecular weight excluding hydrogens is 192 g/mol. The lowest BCUT2D eigenvalue weighted by atomic mass is 9.95. The first-order valence-electron chi connectivity index (χ1n) is 4.82. The highest BCUT2D eigenvalue weighted by Gasteiger charge is 2.15. The fourth-order valence-corrected chi connectivity index (χ4v) is 2.21. The van der Waals surface area contributed by atoms with Crippen LogP contribution in [-0.4, -0.2) is 11.7 Å². The molecule has 0 saturated carbocycles. The minimum Gasteiger partial charge on any atom is -0.392 e. The highest BCUT2D eigenvalue weighted by atomic mass is 32.1. The third-order valence-corrected chi connectivity index (χ3v) is 3.46. The molecule has 0 aliphatic carbocycles. The SMILES string of the molecule is C/C(=C/c1ccc(C(C)(C)C)s1)CO. The molecular formula is C12H18OS. The van der Waals surface area contributed by atoms with Crippen LogP contribution in [0.5, 0.6) is 0 Å². The molecule has 1 heterocycles. The van der Waals surface area contributed by atoms with Crippen LogP contribution < -0.4 is 0 Å². The van der Waals surface area contributed by atoms with Crippen LogP contribution in [0.15, 0.2) is 17.7 Å². The van der Waals surface area contributed by atoms with E-state index >= 15 is 0 Å². The van der Waals surface area contributed by atoms with Crippen molar-refractivity contribution in [1.29, 1.82) is 0 Å². The predicted molar refractivity (Wildman–Crippen MR) is 63.8 cm³/mol. The van der Waals surface area contributed by atoms with Crippen LogP contribution >= 0.6 is 11.3 Å². The van der Waals surface area contributed by atoms with Crippen LogP contribution in [0.1, 0.15) is 37.4 Å². The Morgan fingerprint density at radius 3 is 2.50 bits per heavy atom. The summed E-state index contributed by atoms with van der Waals surface area (Å²) in [5.74, 6) is 0. The number of aliphatic hydroxyl groups is 1. The van der Waals surface area contributed by atoms with Crippen LogP contribution in [0.3, 0.4) is 0 Å². The summed E-state index contributed by atoms with van der Waals surface area (Å²) in [4.78, 5) is 2.61. The van der Waals surface area contributed by atoms with Crippen molar-refractivity contribution in [3.05, 3.63) is 27.5 Å². The van der Waals surface area contributed by atoms with Crippen LogP contribution in [0.4, 0.5) is 0 Å². The van der Waals surface area contributed by atoms with Crippen molar-refractivity contribution in [3.8, 4) is 0 Å². The molecule has 1 N–H and O–H groups in total. The van der Waals surface area contributed by atoms with Gasteiger partial charge in [0.2, 0.25) is 0 Å². The van der Waals surface area contributed by atoms with Crippen molar-refractivity contribution in [2.45, 2.75) is 33.1 Å². The molecule has 0 amide bonds. The normalized spacial score (nSPS) is 13.4. The number of thiophene rings is 1. The summed E-state index contributed by atoms with van der Waals surface area (Å²) in [5, 5.41) is 8.90. The maximum atomic E-state index is 8.90. The van der Waals surface area contributed by atoms with Gasteiger partial charge in [-0.15, -0.1) is 11.3 Å². The quantitative estimate of drug-likeness (QED) is 0.792. The van der Waals surface area contributed by atoms with Gasteiger partial charge in [0.15, 0.2) is 0 Å². The third kappa shape index (κ3) is 2.96. The predicted octanol–water partition coefficient (Wildman–Crippen LogP) is 3.44. The molecule has 0 fully saturated rings. The highest BCUT2D eigenvalue weighted by molar-refractivity contribution is 7.13. The maximum Gasteiger partial charge on any atom is 0.0642 e. The van der Waals surface area contributed by atoms with Crippen LogP contribution in [0.2, 0.25) is 0 Å². The van der Waals surface area contributed by atoms with Crippen molar-refractivity contribution in [2.24, 2.45) is 0 Å². The van der Waals surface area contributed by atoms with E-state index in [1.807, 2.05) is 13.0 Å². The molecule has 2 heteroatoms. The molecule has 1 aromatic rings. The first kappa shape index (κ1) is 11.5. The molecule has 1 nitrogen and oxygen atoms in total. The van der Waals surface area contributed by atoms with Gasteiger partial charge in [-0.1, -0.05) is 20.8 Å². The Morgan fingerprint density at radius 2 is 2.07 bits per heavy atom. The average Bonchev–Trinajstić information content (AvgIpc) is 2.51. The molecule has 0 radical (unpaired) electrons. The molecule has 0 aliphatic heterocycles. The summed E-state index contributed by atoms with van der Waals surface area (Å²) >= 11 is 1.80. The van der Waals surface area contributed by atoms with Gasteiger partial charge in [-0.3, -0.25) is 0 Å². The Balaban J connectivity index is 2.89. The number of hydrogen-bond donors (Lipinski definition) is 1. The zero-order valence-corrected chi connectivity index (χ0v) is 10.1. The summed E-state index contributed by atoms with van der Waals surface area (Å²) in [7, 11) is 0. The molecule has 0 bridgehead atoms. The Kier molecular flexibility index (Phi) is 3.51. The number of hydrogen-bond acceptors (Lipinski definition) is 2. The minimum atomic E-state index is 0.142. The second-order valence-electron chi connectivity index (χ2n) is 4.60. The van der Waals surface area contributed by atoms with E-state index in [4.69, 9.17) is 5.11 Å². The monoisotopic (exact) mass is 210 g/mol. The fraction of sp³-hybridized carbons (Fsp3) is 0.500. The van der Waals surface area contributed by atoms with Gasteiger partial charge < -0.3 is 5.11 Å². The summed E-state index contributed by atoms with van der Waals surface area (Å²) in [5.41, 5.74) is 1.23. The summed E-state index contributed by atoms with van der Waals surface area (Å²) in [6.07, 6.45) is 2.04. The Hall–Kier alpha value is -0.600. The lowest BCUT2D eigenvalue weighted by Crippen LogP contribution is -2.07.